The van der Waals surface area contributed by atoms with Gasteiger partial charge in [0.25, 0.3) is 5.56 Å². The van der Waals surface area contributed by atoms with Crippen LogP contribution in [-0.4, -0.2) is 9.55 Å². The summed E-state index contributed by atoms with van der Waals surface area (Å²) < 4.78 is 1.63. The fourth-order valence-electron chi connectivity index (χ4n) is 1.82. The summed E-state index contributed by atoms with van der Waals surface area (Å²) in [5, 5.41) is 8.85. The van der Waals surface area contributed by atoms with Crippen molar-refractivity contribution in [1.82, 2.24) is 9.55 Å². The van der Waals surface area contributed by atoms with Crippen LogP contribution in [-0.2, 0) is 13.0 Å². The molecule has 0 aliphatic carbocycles. The molecule has 4 heteroatoms. The van der Waals surface area contributed by atoms with E-state index in [1.165, 1.54) is 0 Å². The zero-order valence-electron chi connectivity index (χ0n) is 10.1. The van der Waals surface area contributed by atoms with Crippen LogP contribution in [0.4, 0.5) is 0 Å². The van der Waals surface area contributed by atoms with Crippen molar-refractivity contribution in [1.29, 1.82) is 5.26 Å². The lowest BCUT2D eigenvalue weighted by Crippen LogP contribution is -2.25. The molecule has 0 aliphatic rings. The van der Waals surface area contributed by atoms with E-state index in [-0.39, 0.29) is 11.1 Å². The van der Waals surface area contributed by atoms with Crippen molar-refractivity contribution >= 4 is 0 Å². The van der Waals surface area contributed by atoms with E-state index in [1.54, 1.807) is 29.1 Å². The van der Waals surface area contributed by atoms with Gasteiger partial charge in [-0.15, -0.1) is 0 Å². The van der Waals surface area contributed by atoms with Gasteiger partial charge in [-0.25, -0.2) is 0 Å². The van der Waals surface area contributed by atoms with Gasteiger partial charge in [0.05, 0.1) is 0 Å². The minimum Gasteiger partial charge on any atom is -0.311 e. The molecule has 2 rings (SSSR count). The number of nitriles is 1. The van der Waals surface area contributed by atoms with Crippen molar-refractivity contribution in [2.75, 3.05) is 0 Å². The Morgan fingerprint density at radius 3 is 2.89 bits per heavy atom. The van der Waals surface area contributed by atoms with E-state index in [0.717, 1.165) is 17.7 Å². The van der Waals surface area contributed by atoms with Crippen LogP contribution in [0, 0.1) is 18.3 Å². The second-order valence-corrected chi connectivity index (χ2v) is 4.07. The van der Waals surface area contributed by atoms with Gasteiger partial charge in [0.15, 0.2) is 0 Å². The molecule has 4 nitrogen and oxygen atoms in total. The molecule has 0 radical (unpaired) electrons. The maximum absolute atomic E-state index is 12.0. The fraction of sp³-hybridized carbons (Fsp3) is 0.214. The Bertz CT molecular complexity index is 638. The van der Waals surface area contributed by atoms with Crippen molar-refractivity contribution < 1.29 is 0 Å². The third kappa shape index (κ3) is 2.46. The van der Waals surface area contributed by atoms with Gasteiger partial charge in [-0.3, -0.25) is 9.78 Å². The standard InChI is InChI=1S/C14H13N3O/c1-11-4-5-13(9-15)14(18)17(11)8-6-12-3-2-7-16-10-12/h2-5,7,10H,6,8H2,1H3. The summed E-state index contributed by atoms with van der Waals surface area (Å²) in [6.45, 7) is 2.43. The van der Waals surface area contributed by atoms with Crippen LogP contribution in [0.1, 0.15) is 16.8 Å². The predicted octanol–water partition coefficient (Wildman–Crippen LogP) is 1.67. The first kappa shape index (κ1) is 12.1. The van der Waals surface area contributed by atoms with E-state index in [2.05, 4.69) is 4.98 Å². The topological polar surface area (TPSA) is 58.7 Å². The number of aryl methyl sites for hydroxylation is 2. The summed E-state index contributed by atoms with van der Waals surface area (Å²) in [5.74, 6) is 0. The van der Waals surface area contributed by atoms with E-state index in [0.29, 0.717) is 6.54 Å². The van der Waals surface area contributed by atoms with Gasteiger partial charge in [-0.2, -0.15) is 5.26 Å². The lowest BCUT2D eigenvalue weighted by atomic mass is 10.2. The first-order valence-corrected chi connectivity index (χ1v) is 5.72. The van der Waals surface area contributed by atoms with Gasteiger partial charge in [-0.05, 0) is 37.1 Å². The summed E-state index contributed by atoms with van der Waals surface area (Å²) in [6.07, 6.45) is 4.23. The molecule has 0 bridgehead atoms. The molecule has 0 atom stereocenters. The van der Waals surface area contributed by atoms with Crippen molar-refractivity contribution in [3.05, 3.63) is 63.8 Å². The maximum atomic E-state index is 12.0. The van der Waals surface area contributed by atoms with Gasteiger partial charge in [-0.1, -0.05) is 6.07 Å². The predicted molar refractivity (Wildman–Crippen MR) is 68.1 cm³/mol. The molecular weight excluding hydrogens is 226 g/mol. The second kappa shape index (κ2) is 5.28. The van der Waals surface area contributed by atoms with Crippen molar-refractivity contribution in [2.45, 2.75) is 19.9 Å². The molecular formula is C14H13N3O. The zero-order valence-corrected chi connectivity index (χ0v) is 10.1. The summed E-state index contributed by atoms with van der Waals surface area (Å²) in [5.41, 5.74) is 1.90. The quantitative estimate of drug-likeness (QED) is 0.818. The van der Waals surface area contributed by atoms with E-state index in [1.807, 2.05) is 25.1 Å². The molecule has 0 saturated carbocycles. The van der Waals surface area contributed by atoms with Gasteiger partial charge < -0.3 is 4.57 Å². The smallest absolute Gasteiger partial charge is 0.268 e. The van der Waals surface area contributed by atoms with Crippen LogP contribution in [0.3, 0.4) is 0 Å². The Labute approximate surface area is 105 Å². The molecule has 0 spiro atoms. The highest BCUT2D eigenvalue weighted by Gasteiger charge is 2.05. The summed E-state index contributed by atoms with van der Waals surface area (Å²) in [7, 11) is 0. The van der Waals surface area contributed by atoms with Crippen LogP contribution in [0.5, 0.6) is 0 Å². The van der Waals surface area contributed by atoms with E-state index in [9.17, 15) is 4.79 Å². The average molecular weight is 239 g/mol. The number of pyridine rings is 2. The molecule has 90 valence electrons. The summed E-state index contributed by atoms with van der Waals surface area (Å²) in [4.78, 5) is 16.0. The molecule has 18 heavy (non-hydrogen) atoms. The number of nitrogens with zero attached hydrogens (tertiary/aromatic N) is 3. The zero-order chi connectivity index (χ0) is 13.0. The van der Waals surface area contributed by atoms with Gasteiger partial charge in [0.2, 0.25) is 0 Å². The Kier molecular flexibility index (Phi) is 3.54. The molecule has 0 aliphatic heterocycles. The average Bonchev–Trinajstić information content (AvgIpc) is 2.40. The van der Waals surface area contributed by atoms with Crippen LogP contribution in [0.25, 0.3) is 0 Å². The maximum Gasteiger partial charge on any atom is 0.268 e. The first-order valence-electron chi connectivity index (χ1n) is 5.72. The van der Waals surface area contributed by atoms with E-state index >= 15 is 0 Å². The Hall–Kier alpha value is -2.41. The monoisotopic (exact) mass is 239 g/mol. The molecule has 0 unspecified atom stereocenters. The minimum absolute atomic E-state index is 0.187. The number of hydrogen-bond acceptors (Lipinski definition) is 3. The summed E-state index contributed by atoms with van der Waals surface area (Å²) in [6, 6.07) is 9.12. The molecule has 0 fully saturated rings. The molecule has 0 amide bonds. The largest absolute Gasteiger partial charge is 0.311 e. The van der Waals surface area contributed by atoms with E-state index < -0.39 is 0 Å². The highest BCUT2D eigenvalue weighted by Crippen LogP contribution is 2.02. The first-order chi connectivity index (χ1) is 8.72. The second-order valence-electron chi connectivity index (χ2n) is 4.07. The SMILES string of the molecule is Cc1ccc(C#N)c(=O)n1CCc1cccnc1. The molecule has 2 heterocycles. The van der Waals surface area contributed by atoms with Gasteiger partial charge >= 0.3 is 0 Å². The number of rotatable bonds is 3. The minimum atomic E-state index is -0.221. The lowest BCUT2D eigenvalue weighted by Gasteiger charge is -2.09. The van der Waals surface area contributed by atoms with Crippen molar-refractivity contribution in [3.8, 4) is 6.07 Å². The Morgan fingerprint density at radius 1 is 1.39 bits per heavy atom. The molecule has 0 N–H and O–H groups in total. The van der Waals surface area contributed by atoms with E-state index in [4.69, 9.17) is 5.26 Å². The van der Waals surface area contributed by atoms with Crippen LogP contribution in [0.15, 0.2) is 41.5 Å². The van der Waals surface area contributed by atoms with Crippen LogP contribution >= 0.6 is 0 Å². The number of hydrogen-bond donors (Lipinski definition) is 0. The molecule has 0 saturated heterocycles. The van der Waals surface area contributed by atoms with Gasteiger partial charge in [0, 0.05) is 24.6 Å². The number of aromatic nitrogens is 2. The van der Waals surface area contributed by atoms with Crippen LogP contribution in [0.2, 0.25) is 0 Å². The lowest BCUT2D eigenvalue weighted by molar-refractivity contribution is 0.646. The highest BCUT2D eigenvalue weighted by molar-refractivity contribution is 5.27. The Balaban J connectivity index is 2.25. The van der Waals surface area contributed by atoms with Crippen molar-refractivity contribution in [3.63, 3.8) is 0 Å². The van der Waals surface area contributed by atoms with Gasteiger partial charge in [0.1, 0.15) is 11.6 Å². The van der Waals surface area contributed by atoms with Crippen LogP contribution < -0.4 is 5.56 Å². The normalized spacial score (nSPS) is 10.0. The molecule has 2 aromatic heterocycles. The third-order valence-corrected chi connectivity index (χ3v) is 2.86. The molecule has 0 aromatic carbocycles. The Morgan fingerprint density at radius 2 is 2.22 bits per heavy atom. The van der Waals surface area contributed by atoms with Crippen molar-refractivity contribution in [2.24, 2.45) is 0 Å². The third-order valence-electron chi connectivity index (χ3n) is 2.86. The fourth-order valence-corrected chi connectivity index (χ4v) is 1.82. The summed E-state index contributed by atoms with van der Waals surface area (Å²) >= 11 is 0. The molecule has 2 aromatic rings. The highest BCUT2D eigenvalue weighted by atomic mass is 16.1.